The number of anilines is 1. The maximum absolute atomic E-state index is 12.2. The van der Waals surface area contributed by atoms with Crippen LogP contribution in [-0.4, -0.2) is 49.8 Å². The highest BCUT2D eigenvalue weighted by Gasteiger charge is 2.12. The zero-order valence-corrected chi connectivity index (χ0v) is 14.5. The number of morpholine rings is 1. The Bertz CT molecular complexity index is 750. The SMILES string of the molecule is O=C(O)c1ccc(CCNC(=O)c2ccc(N3CCOCC3)cc2)cc1. The third kappa shape index (κ3) is 4.61. The van der Waals surface area contributed by atoms with E-state index in [1.54, 1.807) is 24.3 Å². The Morgan fingerprint density at radius 2 is 1.58 bits per heavy atom. The summed E-state index contributed by atoms with van der Waals surface area (Å²) < 4.78 is 5.35. The van der Waals surface area contributed by atoms with Crippen molar-refractivity contribution < 1.29 is 19.4 Å². The summed E-state index contributed by atoms with van der Waals surface area (Å²) in [5.74, 6) is -1.05. The van der Waals surface area contributed by atoms with Crippen molar-refractivity contribution in [3.8, 4) is 0 Å². The molecule has 0 spiro atoms. The average Bonchev–Trinajstić information content (AvgIpc) is 2.69. The van der Waals surface area contributed by atoms with Gasteiger partial charge in [0.15, 0.2) is 0 Å². The Balaban J connectivity index is 1.49. The minimum Gasteiger partial charge on any atom is -0.478 e. The van der Waals surface area contributed by atoms with Gasteiger partial charge in [0.25, 0.3) is 5.91 Å². The van der Waals surface area contributed by atoms with Crippen LogP contribution in [0.1, 0.15) is 26.3 Å². The fraction of sp³-hybridized carbons (Fsp3) is 0.300. The summed E-state index contributed by atoms with van der Waals surface area (Å²) in [6.07, 6.45) is 0.650. The fourth-order valence-corrected chi connectivity index (χ4v) is 2.88. The van der Waals surface area contributed by atoms with Crippen molar-refractivity contribution in [1.29, 1.82) is 0 Å². The van der Waals surface area contributed by atoms with Gasteiger partial charge < -0.3 is 20.1 Å². The molecule has 0 bridgehead atoms. The van der Waals surface area contributed by atoms with Gasteiger partial charge in [0.1, 0.15) is 0 Å². The molecule has 0 unspecified atom stereocenters. The first-order valence-corrected chi connectivity index (χ1v) is 8.67. The maximum atomic E-state index is 12.2. The number of benzene rings is 2. The van der Waals surface area contributed by atoms with E-state index in [0.717, 1.165) is 37.6 Å². The van der Waals surface area contributed by atoms with Crippen molar-refractivity contribution in [3.63, 3.8) is 0 Å². The lowest BCUT2D eigenvalue weighted by molar-refractivity contribution is 0.0696. The zero-order valence-electron chi connectivity index (χ0n) is 14.5. The molecule has 26 heavy (non-hydrogen) atoms. The zero-order chi connectivity index (χ0) is 18.4. The predicted molar refractivity (Wildman–Crippen MR) is 98.9 cm³/mol. The number of aromatic carboxylic acids is 1. The van der Waals surface area contributed by atoms with E-state index >= 15 is 0 Å². The molecule has 0 radical (unpaired) electrons. The Hall–Kier alpha value is -2.86. The van der Waals surface area contributed by atoms with Crippen LogP contribution in [0, 0.1) is 0 Å². The number of carboxylic acids is 1. The quantitative estimate of drug-likeness (QED) is 0.831. The molecule has 6 nitrogen and oxygen atoms in total. The highest BCUT2D eigenvalue weighted by molar-refractivity contribution is 5.94. The van der Waals surface area contributed by atoms with Crippen molar-refractivity contribution in [2.75, 3.05) is 37.7 Å². The van der Waals surface area contributed by atoms with Crippen LogP contribution in [0.5, 0.6) is 0 Å². The van der Waals surface area contributed by atoms with Gasteiger partial charge in [-0.15, -0.1) is 0 Å². The fourth-order valence-electron chi connectivity index (χ4n) is 2.88. The molecule has 1 fully saturated rings. The minimum absolute atomic E-state index is 0.110. The number of rotatable bonds is 6. The van der Waals surface area contributed by atoms with E-state index in [-0.39, 0.29) is 11.5 Å². The normalized spacial score (nSPS) is 14.1. The summed E-state index contributed by atoms with van der Waals surface area (Å²) in [7, 11) is 0. The maximum Gasteiger partial charge on any atom is 0.335 e. The van der Waals surface area contributed by atoms with Gasteiger partial charge in [-0.05, 0) is 48.4 Å². The first-order chi connectivity index (χ1) is 12.6. The third-order valence-corrected chi connectivity index (χ3v) is 4.41. The standard InChI is InChI=1S/C20H22N2O4/c23-19(21-10-9-15-1-3-17(4-2-15)20(24)25)16-5-7-18(8-6-16)22-11-13-26-14-12-22/h1-8H,9-14H2,(H,21,23)(H,24,25). The van der Waals surface area contributed by atoms with Crippen LogP contribution in [-0.2, 0) is 11.2 Å². The van der Waals surface area contributed by atoms with Gasteiger partial charge in [-0.3, -0.25) is 4.79 Å². The number of nitrogens with zero attached hydrogens (tertiary/aromatic N) is 1. The van der Waals surface area contributed by atoms with Gasteiger partial charge in [0.2, 0.25) is 0 Å². The molecule has 0 saturated carbocycles. The highest BCUT2D eigenvalue weighted by atomic mass is 16.5. The summed E-state index contributed by atoms with van der Waals surface area (Å²) in [6.45, 7) is 3.69. The lowest BCUT2D eigenvalue weighted by Crippen LogP contribution is -2.36. The molecule has 6 heteroatoms. The van der Waals surface area contributed by atoms with Crippen molar-refractivity contribution in [3.05, 3.63) is 65.2 Å². The topological polar surface area (TPSA) is 78.9 Å². The van der Waals surface area contributed by atoms with Crippen LogP contribution >= 0.6 is 0 Å². The number of hydrogen-bond donors (Lipinski definition) is 2. The van der Waals surface area contributed by atoms with E-state index in [1.165, 1.54) is 0 Å². The van der Waals surface area contributed by atoms with E-state index in [0.29, 0.717) is 18.5 Å². The highest BCUT2D eigenvalue weighted by Crippen LogP contribution is 2.16. The smallest absolute Gasteiger partial charge is 0.335 e. The Kier molecular flexibility index (Phi) is 5.86. The van der Waals surface area contributed by atoms with E-state index in [4.69, 9.17) is 9.84 Å². The van der Waals surface area contributed by atoms with Crippen molar-refractivity contribution in [2.24, 2.45) is 0 Å². The number of carboxylic acid groups (broad SMARTS) is 1. The molecule has 2 aromatic rings. The molecule has 136 valence electrons. The molecule has 1 saturated heterocycles. The van der Waals surface area contributed by atoms with Crippen LogP contribution in [0.4, 0.5) is 5.69 Å². The van der Waals surface area contributed by atoms with Crippen LogP contribution in [0.2, 0.25) is 0 Å². The number of hydrogen-bond acceptors (Lipinski definition) is 4. The Morgan fingerprint density at radius 1 is 0.962 bits per heavy atom. The van der Waals surface area contributed by atoms with Crippen LogP contribution in [0.3, 0.4) is 0 Å². The van der Waals surface area contributed by atoms with Gasteiger partial charge in [-0.1, -0.05) is 12.1 Å². The molecule has 0 aliphatic carbocycles. The van der Waals surface area contributed by atoms with Crippen molar-refractivity contribution in [1.82, 2.24) is 5.32 Å². The van der Waals surface area contributed by atoms with E-state index in [9.17, 15) is 9.59 Å². The summed E-state index contributed by atoms with van der Waals surface area (Å²) in [5, 5.41) is 11.8. The molecule has 1 aliphatic heterocycles. The summed E-state index contributed by atoms with van der Waals surface area (Å²) >= 11 is 0. The molecule has 2 N–H and O–H groups in total. The largest absolute Gasteiger partial charge is 0.478 e. The van der Waals surface area contributed by atoms with E-state index in [2.05, 4.69) is 10.2 Å². The second-order valence-corrected chi connectivity index (χ2v) is 6.15. The van der Waals surface area contributed by atoms with Crippen LogP contribution in [0.15, 0.2) is 48.5 Å². The predicted octanol–water partition coefficient (Wildman–Crippen LogP) is 2.19. The van der Waals surface area contributed by atoms with Gasteiger partial charge in [0.05, 0.1) is 18.8 Å². The second-order valence-electron chi connectivity index (χ2n) is 6.15. The summed E-state index contributed by atoms with van der Waals surface area (Å²) in [6, 6.07) is 14.3. The Morgan fingerprint density at radius 3 is 2.19 bits per heavy atom. The summed E-state index contributed by atoms with van der Waals surface area (Å²) in [4.78, 5) is 25.3. The first-order valence-electron chi connectivity index (χ1n) is 8.67. The second kappa shape index (κ2) is 8.49. The lowest BCUT2D eigenvalue weighted by Gasteiger charge is -2.28. The molecule has 3 rings (SSSR count). The molecule has 1 heterocycles. The van der Waals surface area contributed by atoms with Crippen LogP contribution < -0.4 is 10.2 Å². The minimum atomic E-state index is -0.939. The van der Waals surface area contributed by atoms with Gasteiger partial charge >= 0.3 is 5.97 Å². The van der Waals surface area contributed by atoms with Crippen molar-refractivity contribution in [2.45, 2.75) is 6.42 Å². The third-order valence-electron chi connectivity index (χ3n) is 4.41. The van der Waals surface area contributed by atoms with E-state index < -0.39 is 5.97 Å². The van der Waals surface area contributed by atoms with Gasteiger partial charge in [-0.2, -0.15) is 0 Å². The molecular weight excluding hydrogens is 332 g/mol. The molecule has 2 aromatic carbocycles. The van der Waals surface area contributed by atoms with Gasteiger partial charge in [-0.25, -0.2) is 4.79 Å². The van der Waals surface area contributed by atoms with E-state index in [1.807, 2.05) is 24.3 Å². The molecule has 0 aromatic heterocycles. The number of amides is 1. The lowest BCUT2D eigenvalue weighted by atomic mass is 10.1. The number of nitrogens with one attached hydrogen (secondary N) is 1. The first kappa shape index (κ1) is 17.9. The summed E-state index contributed by atoms with van der Waals surface area (Å²) in [5.41, 5.74) is 2.97. The van der Waals surface area contributed by atoms with Crippen LogP contribution in [0.25, 0.3) is 0 Å². The molecule has 0 atom stereocenters. The monoisotopic (exact) mass is 354 g/mol. The molecule has 1 amide bonds. The number of ether oxygens (including phenoxy) is 1. The molecule has 1 aliphatic rings. The van der Waals surface area contributed by atoms with Crippen molar-refractivity contribution >= 4 is 17.6 Å². The Labute approximate surface area is 152 Å². The number of carbonyl (C=O) groups is 2. The number of carbonyl (C=O) groups excluding carboxylic acids is 1. The average molecular weight is 354 g/mol. The van der Waals surface area contributed by atoms with Gasteiger partial charge in [0, 0.05) is 30.9 Å². The molecular formula is C20H22N2O4.